The number of carbonyl (C=O) groups is 1. The standard InChI is InChI=1S/C17H27N3O3S.ClH/c1-20(24(22,23)15-10-6-3-7-11-15)13-17(21)19-16(12-18)14-8-4-2-5-9-14;/h3,6-7,10-11,14,16H,2,4-5,8-9,12-13,18H2,1H3,(H,19,21);1H. The number of sulfonamides is 1. The van der Waals surface area contributed by atoms with Gasteiger partial charge in [0.25, 0.3) is 0 Å². The van der Waals surface area contributed by atoms with Crippen molar-refractivity contribution in [3.63, 3.8) is 0 Å². The van der Waals surface area contributed by atoms with Gasteiger partial charge in [0.15, 0.2) is 0 Å². The van der Waals surface area contributed by atoms with Gasteiger partial charge in [-0.3, -0.25) is 4.79 Å². The molecule has 0 saturated heterocycles. The summed E-state index contributed by atoms with van der Waals surface area (Å²) in [6.07, 6.45) is 5.71. The molecule has 1 saturated carbocycles. The summed E-state index contributed by atoms with van der Waals surface area (Å²) in [5.74, 6) is 0.0850. The third-order valence-corrected chi connectivity index (χ3v) is 6.45. The minimum atomic E-state index is -3.66. The molecule has 1 aliphatic rings. The molecule has 0 radical (unpaired) electrons. The van der Waals surface area contributed by atoms with Crippen molar-refractivity contribution in [2.24, 2.45) is 11.7 Å². The number of nitrogens with one attached hydrogen (secondary N) is 1. The predicted molar refractivity (Wildman–Crippen MR) is 101 cm³/mol. The van der Waals surface area contributed by atoms with E-state index >= 15 is 0 Å². The Bertz CT molecular complexity index is 634. The van der Waals surface area contributed by atoms with Gasteiger partial charge < -0.3 is 11.1 Å². The van der Waals surface area contributed by atoms with Gasteiger partial charge >= 0.3 is 0 Å². The second-order valence-corrected chi connectivity index (χ2v) is 8.43. The fourth-order valence-corrected chi connectivity index (χ4v) is 4.37. The van der Waals surface area contributed by atoms with Crippen molar-refractivity contribution < 1.29 is 13.2 Å². The molecule has 6 nitrogen and oxygen atoms in total. The molecule has 0 heterocycles. The Morgan fingerprint density at radius 2 is 1.84 bits per heavy atom. The first-order chi connectivity index (χ1) is 11.4. The summed E-state index contributed by atoms with van der Waals surface area (Å²) < 4.78 is 26.0. The lowest BCUT2D eigenvalue weighted by Crippen LogP contribution is -2.49. The fourth-order valence-electron chi connectivity index (χ4n) is 3.22. The van der Waals surface area contributed by atoms with Gasteiger partial charge in [0.1, 0.15) is 0 Å². The molecule has 8 heteroatoms. The third-order valence-electron chi connectivity index (χ3n) is 4.64. The van der Waals surface area contributed by atoms with E-state index in [-0.39, 0.29) is 35.8 Å². The quantitative estimate of drug-likeness (QED) is 0.743. The number of hydrogen-bond acceptors (Lipinski definition) is 4. The molecule has 1 amide bonds. The highest BCUT2D eigenvalue weighted by atomic mass is 35.5. The molecule has 1 aromatic carbocycles. The number of likely N-dealkylation sites (N-methyl/N-ethyl adjacent to an activating group) is 1. The summed E-state index contributed by atoms with van der Waals surface area (Å²) in [6.45, 7) is 0.173. The number of nitrogens with zero attached hydrogens (tertiary/aromatic N) is 1. The van der Waals surface area contributed by atoms with E-state index in [1.54, 1.807) is 18.2 Å². The van der Waals surface area contributed by atoms with Crippen LogP contribution in [0, 0.1) is 5.92 Å². The first-order valence-corrected chi connectivity index (χ1v) is 9.90. The highest BCUT2D eigenvalue weighted by Crippen LogP contribution is 2.26. The Balaban J connectivity index is 0.00000312. The highest BCUT2D eigenvalue weighted by molar-refractivity contribution is 7.89. The number of amides is 1. The zero-order chi connectivity index (χ0) is 17.6. The molecule has 1 aromatic rings. The smallest absolute Gasteiger partial charge is 0.243 e. The normalized spacial score (nSPS) is 16.9. The van der Waals surface area contributed by atoms with Crippen molar-refractivity contribution in [3.05, 3.63) is 30.3 Å². The molecule has 0 bridgehead atoms. The van der Waals surface area contributed by atoms with Gasteiger partial charge in [-0.05, 0) is 30.9 Å². The maximum atomic E-state index is 12.4. The van der Waals surface area contributed by atoms with Crippen LogP contribution in [0.1, 0.15) is 32.1 Å². The molecule has 1 aliphatic carbocycles. The summed E-state index contributed by atoms with van der Waals surface area (Å²) in [4.78, 5) is 12.5. The van der Waals surface area contributed by atoms with E-state index in [2.05, 4.69) is 5.32 Å². The van der Waals surface area contributed by atoms with Crippen molar-refractivity contribution in [2.45, 2.75) is 43.0 Å². The molecular formula is C17H28ClN3O3S. The van der Waals surface area contributed by atoms with Gasteiger partial charge in [-0.2, -0.15) is 4.31 Å². The van der Waals surface area contributed by atoms with Crippen LogP contribution in [0.2, 0.25) is 0 Å². The van der Waals surface area contributed by atoms with E-state index in [1.807, 2.05) is 0 Å². The minimum absolute atomic E-state index is 0. The Hall–Kier alpha value is -1.15. The predicted octanol–water partition coefficient (Wildman–Crippen LogP) is 1.75. The van der Waals surface area contributed by atoms with Gasteiger partial charge in [0, 0.05) is 19.6 Å². The lowest BCUT2D eigenvalue weighted by Gasteiger charge is -2.30. The Morgan fingerprint density at radius 3 is 2.40 bits per heavy atom. The van der Waals surface area contributed by atoms with Crippen LogP contribution in [0.25, 0.3) is 0 Å². The molecule has 1 atom stereocenters. The number of hydrogen-bond donors (Lipinski definition) is 2. The maximum absolute atomic E-state index is 12.4. The molecular weight excluding hydrogens is 362 g/mol. The molecule has 25 heavy (non-hydrogen) atoms. The third kappa shape index (κ3) is 5.95. The van der Waals surface area contributed by atoms with Crippen LogP contribution in [0.4, 0.5) is 0 Å². The highest BCUT2D eigenvalue weighted by Gasteiger charge is 2.27. The molecule has 142 valence electrons. The Labute approximate surface area is 156 Å². The summed E-state index contributed by atoms with van der Waals surface area (Å²) in [7, 11) is -2.24. The number of rotatable bonds is 7. The number of carbonyl (C=O) groups excluding carboxylic acids is 1. The first kappa shape index (κ1) is 21.9. The summed E-state index contributed by atoms with van der Waals surface area (Å²) in [5.41, 5.74) is 5.81. The minimum Gasteiger partial charge on any atom is -0.351 e. The van der Waals surface area contributed by atoms with Gasteiger partial charge in [0.2, 0.25) is 15.9 Å². The van der Waals surface area contributed by atoms with E-state index in [9.17, 15) is 13.2 Å². The van der Waals surface area contributed by atoms with Crippen molar-refractivity contribution in [1.29, 1.82) is 0 Å². The molecule has 0 spiro atoms. The van der Waals surface area contributed by atoms with Crippen LogP contribution < -0.4 is 11.1 Å². The fraction of sp³-hybridized carbons (Fsp3) is 0.588. The Morgan fingerprint density at radius 1 is 1.24 bits per heavy atom. The molecule has 3 N–H and O–H groups in total. The van der Waals surface area contributed by atoms with Gasteiger partial charge in [-0.25, -0.2) is 8.42 Å². The average molecular weight is 390 g/mol. The van der Waals surface area contributed by atoms with Crippen LogP contribution >= 0.6 is 12.4 Å². The summed E-state index contributed by atoms with van der Waals surface area (Å²) in [5, 5.41) is 2.92. The van der Waals surface area contributed by atoms with Crippen LogP contribution in [0.15, 0.2) is 35.2 Å². The largest absolute Gasteiger partial charge is 0.351 e. The second kappa shape index (κ2) is 10.1. The van der Waals surface area contributed by atoms with E-state index in [0.29, 0.717) is 12.5 Å². The van der Waals surface area contributed by atoms with Crippen molar-refractivity contribution in [2.75, 3.05) is 20.1 Å². The Kier molecular flexibility index (Phi) is 8.85. The second-order valence-electron chi connectivity index (χ2n) is 6.38. The molecule has 0 aromatic heterocycles. The van der Waals surface area contributed by atoms with Crippen LogP contribution in [-0.4, -0.2) is 44.8 Å². The maximum Gasteiger partial charge on any atom is 0.243 e. The lowest BCUT2D eigenvalue weighted by atomic mass is 9.84. The van der Waals surface area contributed by atoms with Crippen molar-refractivity contribution in [3.8, 4) is 0 Å². The van der Waals surface area contributed by atoms with Crippen LogP contribution in [0.5, 0.6) is 0 Å². The molecule has 2 rings (SSSR count). The average Bonchev–Trinajstić information content (AvgIpc) is 2.61. The van der Waals surface area contributed by atoms with Crippen LogP contribution in [0.3, 0.4) is 0 Å². The molecule has 1 unspecified atom stereocenters. The van der Waals surface area contributed by atoms with Gasteiger partial charge in [-0.15, -0.1) is 12.4 Å². The van der Waals surface area contributed by atoms with Gasteiger partial charge in [-0.1, -0.05) is 37.5 Å². The first-order valence-electron chi connectivity index (χ1n) is 8.46. The van der Waals surface area contributed by atoms with E-state index in [1.165, 1.54) is 38.4 Å². The van der Waals surface area contributed by atoms with Crippen LogP contribution in [-0.2, 0) is 14.8 Å². The zero-order valence-corrected chi connectivity index (χ0v) is 16.2. The number of halogens is 1. The topological polar surface area (TPSA) is 92.5 Å². The summed E-state index contributed by atoms with van der Waals surface area (Å²) >= 11 is 0. The summed E-state index contributed by atoms with van der Waals surface area (Å²) in [6, 6.07) is 8.04. The van der Waals surface area contributed by atoms with E-state index in [0.717, 1.165) is 17.1 Å². The number of benzene rings is 1. The van der Waals surface area contributed by atoms with Crippen molar-refractivity contribution >= 4 is 28.3 Å². The SMILES string of the molecule is CN(CC(=O)NC(CN)C1CCCCC1)S(=O)(=O)c1ccccc1.Cl. The monoisotopic (exact) mass is 389 g/mol. The molecule has 1 fully saturated rings. The lowest BCUT2D eigenvalue weighted by molar-refractivity contribution is -0.122. The van der Waals surface area contributed by atoms with Gasteiger partial charge in [0.05, 0.1) is 11.4 Å². The zero-order valence-electron chi connectivity index (χ0n) is 14.6. The molecule has 0 aliphatic heterocycles. The number of nitrogens with two attached hydrogens (primary N) is 1. The van der Waals surface area contributed by atoms with E-state index < -0.39 is 10.0 Å². The van der Waals surface area contributed by atoms with E-state index in [4.69, 9.17) is 5.73 Å². The van der Waals surface area contributed by atoms with Crippen molar-refractivity contribution in [1.82, 2.24) is 9.62 Å².